The number of nitrogens with two attached hydrogens (primary N) is 1. The number of ketones is 2. The number of nitrogens with zero attached hydrogens (tertiary/aromatic N) is 3. The van der Waals surface area contributed by atoms with Gasteiger partial charge in [-0.25, -0.2) is 4.79 Å². The van der Waals surface area contributed by atoms with E-state index < -0.39 is 23.7 Å². The number of carbonyl (C=O) groups is 3. The van der Waals surface area contributed by atoms with Crippen LogP contribution in [0.2, 0.25) is 0 Å². The molecule has 4 rings (SSSR count). The molecule has 6 atom stereocenters. The summed E-state index contributed by atoms with van der Waals surface area (Å²) in [6.07, 6.45) is 4.32. The molecule has 0 aromatic heterocycles. The largest absolute Gasteiger partial charge is 0.449 e. The van der Waals surface area contributed by atoms with Gasteiger partial charge in [0.25, 0.3) is 0 Å². The van der Waals surface area contributed by atoms with Gasteiger partial charge in [-0.1, -0.05) is 5.92 Å². The summed E-state index contributed by atoms with van der Waals surface area (Å²) >= 11 is 0. The van der Waals surface area contributed by atoms with Crippen molar-refractivity contribution in [3.05, 3.63) is 11.3 Å². The van der Waals surface area contributed by atoms with E-state index in [9.17, 15) is 14.4 Å². The van der Waals surface area contributed by atoms with Crippen LogP contribution in [0.15, 0.2) is 16.3 Å². The fraction of sp³-hybridized carbons (Fsp3) is 0.579. The molecule has 9 heteroatoms. The van der Waals surface area contributed by atoms with E-state index >= 15 is 0 Å². The summed E-state index contributed by atoms with van der Waals surface area (Å²) in [6.45, 7) is 2.06. The maximum atomic E-state index is 13.3. The van der Waals surface area contributed by atoms with E-state index in [1.165, 1.54) is 0 Å². The molecule has 0 bridgehead atoms. The lowest BCUT2D eigenvalue weighted by molar-refractivity contribution is -0.145. The Morgan fingerprint density at radius 3 is 2.79 bits per heavy atom. The number of allylic oxidation sites excluding steroid dienone is 1. The summed E-state index contributed by atoms with van der Waals surface area (Å²) < 4.78 is 11.0. The van der Waals surface area contributed by atoms with Crippen molar-refractivity contribution in [3.63, 3.8) is 0 Å². The quantitative estimate of drug-likeness (QED) is 0.495. The number of carbonyl (C=O) groups excluding carboxylic acids is 3. The van der Waals surface area contributed by atoms with E-state index in [2.05, 4.69) is 15.8 Å². The first-order chi connectivity index (χ1) is 13.3. The van der Waals surface area contributed by atoms with Crippen LogP contribution in [0.4, 0.5) is 4.79 Å². The second-order valence-electron chi connectivity index (χ2n) is 7.51. The highest BCUT2D eigenvalue weighted by molar-refractivity contribution is 6.53. The van der Waals surface area contributed by atoms with Crippen molar-refractivity contribution >= 4 is 23.4 Å². The summed E-state index contributed by atoms with van der Waals surface area (Å²) in [5.74, 6) is 0.475. The molecular formula is C19H22N4O5. The Morgan fingerprint density at radius 1 is 1.46 bits per heavy atom. The summed E-state index contributed by atoms with van der Waals surface area (Å²) in [7, 11) is 3.51. The first-order valence-electron chi connectivity index (χ1n) is 9.09. The van der Waals surface area contributed by atoms with E-state index in [4.69, 9.17) is 21.6 Å². The molecule has 1 aliphatic carbocycles. The number of rotatable bonds is 4. The Balaban J connectivity index is 1.85. The minimum absolute atomic E-state index is 0.0102. The lowest BCUT2D eigenvalue weighted by Gasteiger charge is -2.40. The first kappa shape index (κ1) is 18.7. The van der Waals surface area contributed by atoms with E-state index in [0.29, 0.717) is 12.2 Å². The van der Waals surface area contributed by atoms with E-state index in [0.717, 1.165) is 0 Å². The summed E-state index contributed by atoms with van der Waals surface area (Å²) in [5, 5.41) is 0. The van der Waals surface area contributed by atoms with Crippen LogP contribution in [0.3, 0.4) is 0 Å². The van der Waals surface area contributed by atoms with Gasteiger partial charge in [-0.15, -0.1) is 6.42 Å². The van der Waals surface area contributed by atoms with Crippen molar-refractivity contribution in [3.8, 4) is 12.3 Å². The number of likely N-dealkylation sites (N-methyl/N-ethyl adjacent to an activating group) is 1. The third-order valence-electron chi connectivity index (χ3n) is 6.40. The van der Waals surface area contributed by atoms with Crippen LogP contribution < -0.4 is 5.73 Å². The monoisotopic (exact) mass is 386 g/mol. The number of piperazine rings is 1. The third-order valence-corrected chi connectivity index (χ3v) is 6.40. The number of hydrogen-bond donors (Lipinski definition) is 1. The number of hydrogen-bond acceptors (Lipinski definition) is 8. The average molecular weight is 386 g/mol. The van der Waals surface area contributed by atoms with Crippen LogP contribution in [0.1, 0.15) is 6.92 Å². The highest BCUT2D eigenvalue weighted by Gasteiger charge is 2.75. The van der Waals surface area contributed by atoms with Crippen molar-refractivity contribution in [1.29, 1.82) is 0 Å². The number of primary amides is 1. The summed E-state index contributed by atoms with van der Waals surface area (Å²) in [4.78, 5) is 46.0. The van der Waals surface area contributed by atoms with E-state index in [1.54, 1.807) is 14.0 Å². The molecule has 0 radical (unpaired) electrons. The molecule has 0 aromatic carbocycles. The van der Waals surface area contributed by atoms with Gasteiger partial charge in [0.2, 0.25) is 5.78 Å². The number of amides is 1. The van der Waals surface area contributed by atoms with Gasteiger partial charge in [0.15, 0.2) is 11.5 Å². The fourth-order valence-electron chi connectivity index (χ4n) is 5.14. The second-order valence-corrected chi connectivity index (χ2v) is 7.51. The molecule has 3 aliphatic heterocycles. The molecule has 2 fully saturated rings. The van der Waals surface area contributed by atoms with Crippen molar-refractivity contribution < 1.29 is 23.9 Å². The number of terminal acetylenes is 1. The molecule has 2 N–H and O–H groups in total. The van der Waals surface area contributed by atoms with Gasteiger partial charge in [0.1, 0.15) is 6.61 Å². The number of methoxy groups -OCH3 is 1. The van der Waals surface area contributed by atoms with Crippen molar-refractivity contribution in [2.75, 3.05) is 33.9 Å². The van der Waals surface area contributed by atoms with Crippen LogP contribution in [0.25, 0.3) is 0 Å². The summed E-state index contributed by atoms with van der Waals surface area (Å²) in [5.41, 5.74) is 4.97. The Morgan fingerprint density at radius 2 is 2.18 bits per heavy atom. The molecule has 0 spiro atoms. The van der Waals surface area contributed by atoms with E-state index in [-0.39, 0.29) is 48.1 Å². The number of aliphatic imine (C=N–C) groups is 1. The SMILES string of the molecule is C#CCN=C1C(=O)C2=C(C(=O)C1C)N1CC3C(N3C)C1(OC)C2COC(N)=O. The molecule has 2 saturated heterocycles. The zero-order chi connectivity index (χ0) is 20.4. The minimum Gasteiger partial charge on any atom is -0.449 e. The third kappa shape index (κ3) is 2.16. The van der Waals surface area contributed by atoms with Crippen molar-refractivity contribution in [2.45, 2.75) is 24.7 Å². The van der Waals surface area contributed by atoms with Crippen LogP contribution in [-0.2, 0) is 19.1 Å². The second kappa shape index (κ2) is 6.15. The highest BCUT2D eigenvalue weighted by Crippen LogP contribution is 2.59. The minimum atomic E-state index is -0.966. The van der Waals surface area contributed by atoms with Crippen molar-refractivity contribution in [2.24, 2.45) is 22.6 Å². The average Bonchev–Trinajstić information content (AvgIpc) is 3.04. The molecule has 28 heavy (non-hydrogen) atoms. The number of fused-ring (bicyclic) bond motifs is 4. The zero-order valence-electron chi connectivity index (χ0n) is 16.0. The lowest BCUT2D eigenvalue weighted by atomic mass is 9.78. The van der Waals surface area contributed by atoms with Crippen LogP contribution >= 0.6 is 0 Å². The van der Waals surface area contributed by atoms with E-state index in [1.807, 2.05) is 11.9 Å². The Hall–Kier alpha value is -2.70. The maximum absolute atomic E-state index is 13.3. The molecule has 1 amide bonds. The maximum Gasteiger partial charge on any atom is 0.404 e. The Bertz CT molecular complexity index is 887. The Kier molecular flexibility index (Phi) is 4.10. The van der Waals surface area contributed by atoms with Gasteiger partial charge >= 0.3 is 6.09 Å². The van der Waals surface area contributed by atoms with Gasteiger partial charge in [-0.3, -0.25) is 19.5 Å². The van der Waals surface area contributed by atoms with Gasteiger partial charge in [-0.05, 0) is 14.0 Å². The number of ether oxygens (including phenoxy) is 2. The van der Waals surface area contributed by atoms with Gasteiger partial charge in [0.05, 0.1) is 35.8 Å². The fourth-order valence-corrected chi connectivity index (χ4v) is 5.14. The van der Waals surface area contributed by atoms with Crippen molar-refractivity contribution in [1.82, 2.24) is 9.80 Å². The molecule has 148 valence electrons. The lowest BCUT2D eigenvalue weighted by Crippen LogP contribution is -2.55. The molecule has 6 unspecified atom stereocenters. The molecule has 0 saturated carbocycles. The normalized spacial score (nSPS) is 39.6. The first-order valence-corrected chi connectivity index (χ1v) is 9.09. The molecular weight excluding hydrogens is 364 g/mol. The Labute approximate surface area is 162 Å². The smallest absolute Gasteiger partial charge is 0.404 e. The topological polar surface area (TPSA) is 114 Å². The van der Waals surface area contributed by atoms with Crippen LogP contribution in [0.5, 0.6) is 0 Å². The van der Waals surface area contributed by atoms with Gasteiger partial charge in [-0.2, -0.15) is 0 Å². The number of Topliss-reactive ketones (excluding diaryl/α,β-unsaturated/α-hetero) is 2. The zero-order valence-corrected chi connectivity index (χ0v) is 16.0. The molecule has 4 aliphatic rings. The predicted octanol–water partition coefficient (Wildman–Crippen LogP) is -0.831. The van der Waals surface area contributed by atoms with Crippen LogP contribution in [0, 0.1) is 24.2 Å². The predicted molar refractivity (Wildman–Crippen MR) is 98.1 cm³/mol. The molecule has 3 heterocycles. The standard InChI is InChI=1S/C19H22N4O5/c1-5-6-21-13-9(2)15(24)14-12(16(13)25)10(8-28-18(20)26)19(27-4)17-11(22(17)3)7-23(14)19/h1,9-11,17H,6-8H2,2-4H3,(H2,20,26). The van der Waals surface area contributed by atoms with Gasteiger partial charge in [0, 0.05) is 25.3 Å². The molecule has 0 aromatic rings. The molecule has 9 nitrogen and oxygen atoms in total. The van der Waals surface area contributed by atoms with Gasteiger partial charge < -0.3 is 20.1 Å². The summed E-state index contributed by atoms with van der Waals surface area (Å²) in [6, 6.07) is 0.186. The van der Waals surface area contributed by atoms with Crippen LogP contribution in [-0.4, -0.2) is 84.8 Å². The highest BCUT2D eigenvalue weighted by atomic mass is 16.6.